The molecule has 1 atom stereocenters. The predicted octanol–water partition coefficient (Wildman–Crippen LogP) is 3.34. The Labute approximate surface area is 111 Å². The second kappa shape index (κ2) is 4.46. The van der Waals surface area contributed by atoms with Crippen LogP contribution in [0.1, 0.15) is 22.7 Å². The summed E-state index contributed by atoms with van der Waals surface area (Å²) < 4.78 is 0. The third-order valence-electron chi connectivity index (χ3n) is 3.23. The van der Waals surface area contributed by atoms with Gasteiger partial charge in [0.2, 0.25) is 0 Å². The summed E-state index contributed by atoms with van der Waals surface area (Å²) in [5.74, 6) is 0.613. The van der Waals surface area contributed by atoms with Crippen molar-refractivity contribution in [2.75, 3.05) is 0 Å². The third kappa shape index (κ3) is 2.00. The molecule has 90 valence electrons. The van der Waals surface area contributed by atoms with E-state index in [2.05, 4.69) is 11.1 Å². The topological polar surface area (TPSA) is 38.4 Å². The Morgan fingerprint density at radius 1 is 1.11 bits per heavy atom. The molecule has 3 rings (SSSR count). The van der Waals surface area contributed by atoms with Crippen LogP contribution in [0, 0.1) is 0 Å². The molecule has 1 aliphatic heterocycles. The molecule has 0 spiro atoms. The first-order valence-corrected chi connectivity index (χ1v) is 6.29. The van der Waals surface area contributed by atoms with Crippen LogP contribution in [0.25, 0.3) is 0 Å². The molecule has 0 aliphatic carbocycles. The van der Waals surface area contributed by atoms with Gasteiger partial charge in [0.25, 0.3) is 0 Å². The van der Waals surface area contributed by atoms with E-state index < -0.39 is 0 Å². The first-order chi connectivity index (χ1) is 8.74. The minimum absolute atomic E-state index is 0.0681. The second-order valence-electron chi connectivity index (χ2n) is 4.45. The van der Waals surface area contributed by atoms with E-state index in [1.807, 2.05) is 42.5 Å². The lowest BCUT2D eigenvalue weighted by Gasteiger charge is -2.22. The van der Waals surface area contributed by atoms with Gasteiger partial charge in [0.1, 0.15) is 5.84 Å². The highest BCUT2D eigenvalue weighted by atomic mass is 35.5. The van der Waals surface area contributed by atoms with Crippen molar-refractivity contribution in [3.05, 3.63) is 70.2 Å². The zero-order chi connectivity index (χ0) is 12.5. The molecule has 0 fully saturated rings. The Bertz CT molecular complexity index is 619. The molecule has 0 aromatic heterocycles. The second-order valence-corrected chi connectivity index (χ2v) is 4.88. The molecule has 2 aromatic carbocycles. The quantitative estimate of drug-likeness (QED) is 0.835. The first kappa shape index (κ1) is 11.3. The zero-order valence-corrected chi connectivity index (χ0v) is 10.6. The molecule has 1 aliphatic rings. The molecule has 1 heterocycles. The van der Waals surface area contributed by atoms with Crippen LogP contribution in [0.4, 0.5) is 0 Å². The monoisotopic (exact) mass is 256 g/mol. The van der Waals surface area contributed by atoms with Crippen LogP contribution >= 0.6 is 11.6 Å². The maximum Gasteiger partial charge on any atom is 0.126 e. The Morgan fingerprint density at radius 2 is 1.94 bits per heavy atom. The van der Waals surface area contributed by atoms with Crippen LogP contribution in [-0.4, -0.2) is 5.84 Å². The van der Waals surface area contributed by atoms with E-state index in [0.717, 1.165) is 22.6 Å². The van der Waals surface area contributed by atoms with Gasteiger partial charge in [-0.3, -0.25) is 4.99 Å². The van der Waals surface area contributed by atoms with Crippen molar-refractivity contribution in [2.45, 2.75) is 12.5 Å². The van der Waals surface area contributed by atoms with Crippen molar-refractivity contribution in [1.29, 1.82) is 0 Å². The number of aliphatic imine (C=N–C) groups is 1. The van der Waals surface area contributed by atoms with E-state index in [9.17, 15) is 0 Å². The molecule has 0 saturated carbocycles. The number of rotatable bonds is 1. The van der Waals surface area contributed by atoms with E-state index in [1.54, 1.807) is 0 Å². The largest absolute Gasteiger partial charge is 0.383 e. The molecule has 3 heteroatoms. The highest BCUT2D eigenvalue weighted by Crippen LogP contribution is 2.29. The van der Waals surface area contributed by atoms with Crippen molar-refractivity contribution < 1.29 is 0 Å². The van der Waals surface area contributed by atoms with Gasteiger partial charge in [0.05, 0.1) is 6.04 Å². The Morgan fingerprint density at radius 3 is 2.78 bits per heavy atom. The molecule has 0 bridgehead atoms. The number of nitrogens with two attached hydrogens (primary N) is 1. The maximum absolute atomic E-state index is 6.03. The minimum atomic E-state index is 0.0681. The number of amidine groups is 1. The number of fused-ring (bicyclic) bond motifs is 1. The number of nitrogens with zero attached hydrogens (tertiary/aromatic N) is 1. The van der Waals surface area contributed by atoms with Crippen LogP contribution in [0.15, 0.2) is 53.5 Å². The lowest BCUT2D eigenvalue weighted by Crippen LogP contribution is -2.22. The fourth-order valence-electron chi connectivity index (χ4n) is 2.35. The molecule has 1 unspecified atom stereocenters. The molecule has 0 radical (unpaired) electrons. The summed E-state index contributed by atoms with van der Waals surface area (Å²) in [6.45, 7) is 0. The van der Waals surface area contributed by atoms with Crippen molar-refractivity contribution in [1.82, 2.24) is 0 Å². The number of hydrogen-bond acceptors (Lipinski definition) is 2. The third-order valence-corrected chi connectivity index (χ3v) is 3.47. The Balaban J connectivity index is 2.02. The summed E-state index contributed by atoms with van der Waals surface area (Å²) in [4.78, 5) is 4.57. The van der Waals surface area contributed by atoms with Gasteiger partial charge < -0.3 is 5.73 Å². The zero-order valence-electron chi connectivity index (χ0n) is 9.81. The first-order valence-electron chi connectivity index (χ1n) is 5.91. The van der Waals surface area contributed by atoms with Gasteiger partial charge in [0, 0.05) is 10.6 Å². The van der Waals surface area contributed by atoms with E-state index >= 15 is 0 Å². The summed E-state index contributed by atoms with van der Waals surface area (Å²) in [7, 11) is 0. The van der Waals surface area contributed by atoms with Crippen molar-refractivity contribution in [2.24, 2.45) is 10.7 Å². The summed E-state index contributed by atoms with van der Waals surface area (Å²) >= 11 is 6.02. The van der Waals surface area contributed by atoms with E-state index in [-0.39, 0.29) is 6.04 Å². The summed E-state index contributed by atoms with van der Waals surface area (Å²) in [6, 6.07) is 16.0. The molecule has 2 N–H and O–H groups in total. The Hall–Kier alpha value is -1.80. The number of hydrogen-bond donors (Lipinski definition) is 1. The number of benzene rings is 2. The van der Waals surface area contributed by atoms with Gasteiger partial charge in [0.15, 0.2) is 0 Å². The average Bonchev–Trinajstić information content (AvgIpc) is 2.39. The van der Waals surface area contributed by atoms with Crippen LogP contribution in [-0.2, 0) is 6.42 Å². The van der Waals surface area contributed by atoms with Crippen LogP contribution < -0.4 is 5.73 Å². The summed E-state index contributed by atoms with van der Waals surface area (Å²) in [5, 5.41) is 0.736. The van der Waals surface area contributed by atoms with Gasteiger partial charge in [-0.1, -0.05) is 48.0 Å². The molecule has 0 saturated heterocycles. The highest BCUT2D eigenvalue weighted by Gasteiger charge is 2.20. The van der Waals surface area contributed by atoms with Crippen molar-refractivity contribution in [3.63, 3.8) is 0 Å². The standard InChI is InChI=1S/C15H13ClN2/c16-12-6-3-5-11(8-12)14-9-10-4-1-2-7-13(10)15(17)18-14/h1-8,14H,9H2,(H2,17,18). The summed E-state index contributed by atoms with van der Waals surface area (Å²) in [5.41, 5.74) is 9.44. The summed E-state index contributed by atoms with van der Waals surface area (Å²) in [6.07, 6.45) is 0.872. The fraction of sp³-hybridized carbons (Fsp3) is 0.133. The lowest BCUT2D eigenvalue weighted by atomic mass is 9.92. The average molecular weight is 257 g/mol. The minimum Gasteiger partial charge on any atom is -0.383 e. The van der Waals surface area contributed by atoms with E-state index in [1.165, 1.54) is 5.56 Å². The van der Waals surface area contributed by atoms with Gasteiger partial charge in [-0.25, -0.2) is 0 Å². The lowest BCUT2D eigenvalue weighted by molar-refractivity contribution is 0.710. The SMILES string of the molecule is NC1=NC(c2cccc(Cl)c2)Cc2ccccc21. The van der Waals surface area contributed by atoms with Gasteiger partial charge in [-0.15, -0.1) is 0 Å². The van der Waals surface area contributed by atoms with Crippen molar-refractivity contribution >= 4 is 17.4 Å². The molecular weight excluding hydrogens is 244 g/mol. The Kier molecular flexibility index (Phi) is 2.80. The fourth-order valence-corrected chi connectivity index (χ4v) is 2.54. The van der Waals surface area contributed by atoms with Gasteiger partial charge >= 0.3 is 0 Å². The molecule has 2 aromatic rings. The van der Waals surface area contributed by atoms with Gasteiger partial charge in [-0.05, 0) is 29.7 Å². The van der Waals surface area contributed by atoms with E-state index in [0.29, 0.717) is 5.84 Å². The molecular formula is C15H13ClN2. The predicted molar refractivity (Wildman–Crippen MR) is 75.1 cm³/mol. The van der Waals surface area contributed by atoms with Crippen LogP contribution in [0.3, 0.4) is 0 Å². The van der Waals surface area contributed by atoms with Crippen LogP contribution in [0.5, 0.6) is 0 Å². The van der Waals surface area contributed by atoms with Crippen molar-refractivity contribution in [3.8, 4) is 0 Å². The number of halogens is 1. The highest BCUT2D eigenvalue weighted by molar-refractivity contribution is 6.30. The van der Waals surface area contributed by atoms with E-state index in [4.69, 9.17) is 17.3 Å². The molecule has 2 nitrogen and oxygen atoms in total. The normalized spacial score (nSPS) is 18.1. The maximum atomic E-state index is 6.03. The molecule has 18 heavy (non-hydrogen) atoms. The molecule has 0 amide bonds. The van der Waals surface area contributed by atoms with Gasteiger partial charge in [-0.2, -0.15) is 0 Å². The van der Waals surface area contributed by atoms with Crippen LogP contribution in [0.2, 0.25) is 5.02 Å². The smallest absolute Gasteiger partial charge is 0.126 e.